The lowest BCUT2D eigenvalue weighted by atomic mass is 9.98. The lowest BCUT2D eigenvalue weighted by Crippen LogP contribution is -2.62. The van der Waals surface area contributed by atoms with Crippen molar-refractivity contribution < 1.29 is 28.4 Å². The van der Waals surface area contributed by atoms with Gasteiger partial charge in [-0.2, -0.15) is 0 Å². The van der Waals surface area contributed by atoms with Crippen molar-refractivity contribution in [3.05, 3.63) is 132 Å². The first-order valence-electron chi connectivity index (χ1n) is 13.9. The predicted molar refractivity (Wildman–Crippen MR) is 158 cm³/mol. The zero-order valence-electron chi connectivity index (χ0n) is 22.9. The third-order valence-corrected chi connectivity index (χ3v) is 8.39. The van der Waals surface area contributed by atoms with Gasteiger partial charge in [0.2, 0.25) is 0 Å². The lowest BCUT2D eigenvalue weighted by molar-refractivity contribution is -0.329. The van der Waals surface area contributed by atoms with Gasteiger partial charge in [-0.25, -0.2) is 0 Å². The molecule has 4 aromatic rings. The lowest BCUT2D eigenvalue weighted by Gasteiger charge is -2.49. The number of hydrogen-bond donors (Lipinski definition) is 0. The predicted octanol–water partition coefficient (Wildman–Crippen LogP) is 6.80. The number of thioether (sulfide) groups is 1. The van der Waals surface area contributed by atoms with E-state index in [1.54, 1.807) is 18.9 Å². The van der Waals surface area contributed by atoms with E-state index in [0.717, 1.165) is 27.3 Å². The van der Waals surface area contributed by atoms with Crippen molar-refractivity contribution in [2.75, 3.05) is 13.7 Å². The largest absolute Gasteiger partial charge is 0.497 e. The molecule has 0 bridgehead atoms. The molecular formula is C34H34O6S. The van der Waals surface area contributed by atoms with Crippen LogP contribution in [0.5, 0.6) is 5.75 Å². The van der Waals surface area contributed by atoms with Crippen molar-refractivity contribution in [1.29, 1.82) is 0 Å². The molecule has 2 aliphatic heterocycles. The van der Waals surface area contributed by atoms with E-state index in [2.05, 4.69) is 24.3 Å². The molecule has 2 saturated heterocycles. The summed E-state index contributed by atoms with van der Waals surface area (Å²) in [6, 6.07) is 38.3. The normalized spacial score (nSPS) is 25.8. The summed E-state index contributed by atoms with van der Waals surface area (Å²) in [4.78, 5) is 1.10. The Hall–Kier alpha value is -3.17. The Kier molecular flexibility index (Phi) is 9.32. The number of hydrogen-bond acceptors (Lipinski definition) is 7. The number of fused-ring (bicyclic) bond motifs is 1. The highest BCUT2D eigenvalue weighted by molar-refractivity contribution is 7.99. The number of benzene rings is 4. The van der Waals surface area contributed by atoms with Crippen LogP contribution in [0.1, 0.15) is 23.0 Å². The molecule has 4 aromatic carbocycles. The summed E-state index contributed by atoms with van der Waals surface area (Å²) in [6.07, 6.45) is -2.03. The highest BCUT2D eigenvalue weighted by Crippen LogP contribution is 2.41. The molecule has 2 heterocycles. The quantitative estimate of drug-likeness (QED) is 0.208. The van der Waals surface area contributed by atoms with Crippen LogP contribution < -0.4 is 4.74 Å². The summed E-state index contributed by atoms with van der Waals surface area (Å²) in [5.74, 6) is 0.807. The van der Waals surface area contributed by atoms with Gasteiger partial charge in [-0.1, -0.05) is 103 Å². The number of rotatable bonds is 10. The molecule has 41 heavy (non-hydrogen) atoms. The summed E-state index contributed by atoms with van der Waals surface area (Å²) in [5.41, 5.74) is 2.75. The zero-order chi connectivity index (χ0) is 27.9. The van der Waals surface area contributed by atoms with Crippen LogP contribution in [0.3, 0.4) is 0 Å². The molecule has 6 rings (SSSR count). The van der Waals surface area contributed by atoms with E-state index in [-0.39, 0.29) is 17.6 Å². The Morgan fingerprint density at radius 1 is 0.683 bits per heavy atom. The van der Waals surface area contributed by atoms with E-state index in [4.69, 9.17) is 28.4 Å². The van der Waals surface area contributed by atoms with Crippen LogP contribution in [-0.4, -0.2) is 43.6 Å². The monoisotopic (exact) mass is 570 g/mol. The Labute approximate surface area is 245 Å². The van der Waals surface area contributed by atoms with Crippen LogP contribution >= 0.6 is 11.8 Å². The second-order valence-electron chi connectivity index (χ2n) is 10.0. The maximum atomic E-state index is 6.73. The molecule has 2 aliphatic rings. The Morgan fingerprint density at radius 2 is 1.29 bits per heavy atom. The van der Waals surface area contributed by atoms with E-state index >= 15 is 0 Å². The van der Waals surface area contributed by atoms with Crippen LogP contribution in [-0.2, 0) is 36.9 Å². The van der Waals surface area contributed by atoms with Crippen molar-refractivity contribution >= 4 is 11.8 Å². The Morgan fingerprint density at radius 3 is 1.98 bits per heavy atom. The second kappa shape index (κ2) is 13.7. The van der Waals surface area contributed by atoms with Gasteiger partial charge in [0.25, 0.3) is 0 Å². The summed E-state index contributed by atoms with van der Waals surface area (Å²) in [5, 5.41) is 0. The van der Waals surface area contributed by atoms with Crippen molar-refractivity contribution in [3.8, 4) is 5.75 Å². The minimum Gasteiger partial charge on any atom is -0.497 e. The first-order chi connectivity index (χ1) is 20.3. The molecule has 0 radical (unpaired) electrons. The van der Waals surface area contributed by atoms with Crippen molar-refractivity contribution in [2.45, 2.75) is 54.3 Å². The highest BCUT2D eigenvalue weighted by atomic mass is 32.2. The van der Waals surface area contributed by atoms with Gasteiger partial charge in [0.05, 0.1) is 26.9 Å². The maximum absolute atomic E-state index is 6.73. The number of methoxy groups -OCH3 is 1. The van der Waals surface area contributed by atoms with Crippen LogP contribution in [0.15, 0.2) is 120 Å². The minimum absolute atomic E-state index is 0.311. The van der Waals surface area contributed by atoms with E-state index in [1.807, 2.05) is 91.0 Å². The van der Waals surface area contributed by atoms with E-state index in [9.17, 15) is 0 Å². The van der Waals surface area contributed by atoms with Gasteiger partial charge >= 0.3 is 0 Å². The first-order valence-corrected chi connectivity index (χ1v) is 14.7. The molecule has 0 saturated carbocycles. The molecule has 6 atom stereocenters. The fraction of sp³-hybridized carbons (Fsp3) is 0.294. The molecule has 0 unspecified atom stereocenters. The third kappa shape index (κ3) is 7.01. The minimum atomic E-state index is -0.513. The molecule has 0 aromatic heterocycles. The molecule has 7 heteroatoms. The fourth-order valence-electron chi connectivity index (χ4n) is 5.10. The zero-order valence-corrected chi connectivity index (χ0v) is 23.7. The van der Waals surface area contributed by atoms with Gasteiger partial charge < -0.3 is 28.4 Å². The van der Waals surface area contributed by atoms with Gasteiger partial charge in [0, 0.05) is 10.5 Å². The molecule has 6 nitrogen and oxygen atoms in total. The molecule has 0 aliphatic carbocycles. The molecule has 0 spiro atoms. The van der Waals surface area contributed by atoms with E-state index < -0.39 is 18.5 Å². The van der Waals surface area contributed by atoms with Gasteiger partial charge in [-0.15, -0.1) is 0 Å². The van der Waals surface area contributed by atoms with Crippen LogP contribution in [0.4, 0.5) is 0 Å². The Balaban J connectivity index is 1.29. The van der Waals surface area contributed by atoms with E-state index in [0.29, 0.717) is 19.8 Å². The van der Waals surface area contributed by atoms with Crippen molar-refractivity contribution in [2.24, 2.45) is 0 Å². The SMILES string of the molecule is COc1ccc(CO[C@@H]2[C@H](OCc3ccccc3)[C@@H](Sc3ccccc3)O[C@@H]3CO[C@@H](c4ccccc4)O[C@@H]23)cc1. The van der Waals surface area contributed by atoms with Crippen molar-refractivity contribution in [1.82, 2.24) is 0 Å². The van der Waals surface area contributed by atoms with Crippen LogP contribution in [0.2, 0.25) is 0 Å². The molecule has 212 valence electrons. The van der Waals surface area contributed by atoms with Gasteiger partial charge in [-0.3, -0.25) is 0 Å². The standard InChI is InChI=1S/C34H34O6S/c1-35-27-19-17-25(18-20-27)22-36-31-30-29(23-38-33(40-30)26-13-7-3-8-14-26)39-34(41-28-15-9-4-10-16-28)32(31)37-21-24-11-5-2-6-12-24/h2-20,29-34H,21-23H2,1H3/t29-,30-,31+,32+,33-,34-/m1/s1. The van der Waals surface area contributed by atoms with Gasteiger partial charge in [-0.05, 0) is 35.4 Å². The maximum Gasteiger partial charge on any atom is 0.184 e. The Bertz CT molecular complexity index is 1340. The van der Waals surface area contributed by atoms with Gasteiger partial charge in [0.1, 0.15) is 35.6 Å². The van der Waals surface area contributed by atoms with Crippen molar-refractivity contribution in [3.63, 3.8) is 0 Å². The second-order valence-corrected chi connectivity index (χ2v) is 11.2. The van der Waals surface area contributed by atoms with Crippen LogP contribution in [0.25, 0.3) is 0 Å². The summed E-state index contributed by atoms with van der Waals surface area (Å²) < 4.78 is 38.2. The molecule has 0 amide bonds. The topological polar surface area (TPSA) is 55.4 Å². The molecular weight excluding hydrogens is 536 g/mol. The third-order valence-electron chi connectivity index (χ3n) is 7.24. The molecule has 0 N–H and O–H groups in total. The van der Waals surface area contributed by atoms with E-state index in [1.165, 1.54) is 0 Å². The summed E-state index contributed by atoms with van der Waals surface area (Å²) in [7, 11) is 1.67. The average molecular weight is 571 g/mol. The fourth-order valence-corrected chi connectivity index (χ4v) is 6.25. The highest BCUT2D eigenvalue weighted by Gasteiger charge is 2.51. The van der Waals surface area contributed by atoms with Gasteiger partial charge in [0.15, 0.2) is 6.29 Å². The molecule has 2 fully saturated rings. The summed E-state index contributed by atoms with van der Waals surface area (Å²) in [6.45, 7) is 1.22. The van der Waals surface area contributed by atoms with Crippen LogP contribution in [0, 0.1) is 0 Å². The average Bonchev–Trinajstić information content (AvgIpc) is 3.04. The number of ether oxygens (including phenoxy) is 6. The summed E-state index contributed by atoms with van der Waals surface area (Å²) >= 11 is 1.64. The smallest absolute Gasteiger partial charge is 0.184 e. The first kappa shape index (κ1) is 28.0.